The highest BCUT2D eigenvalue weighted by Gasteiger charge is 2.52. The number of rotatable bonds is 0. The second-order valence-electron chi connectivity index (χ2n) is 10.4. The second-order valence-corrected chi connectivity index (χ2v) is 10.4. The van der Waals surface area contributed by atoms with E-state index >= 15 is 0 Å². The van der Waals surface area contributed by atoms with Crippen LogP contribution in [0.3, 0.4) is 0 Å². The Kier molecular flexibility index (Phi) is 3.78. The molecule has 0 unspecified atom stereocenters. The molecule has 0 bridgehead atoms. The van der Waals surface area contributed by atoms with Crippen molar-refractivity contribution in [1.29, 1.82) is 0 Å². The molecule has 1 nitrogen and oxygen atoms in total. The third-order valence-electron chi connectivity index (χ3n) is 8.69. The molecule has 1 spiro atoms. The van der Waals surface area contributed by atoms with Gasteiger partial charge in [-0.1, -0.05) is 121 Å². The van der Waals surface area contributed by atoms with Gasteiger partial charge in [0, 0.05) is 11.1 Å². The standard InChI is InChI=1S/C37H22O/c1-2-12-24-23(11-1)21-22-31-34(24)35-27-15-5-3-13-25(27)26-14-4-6-16-28(26)36(35)37(31)29-17-7-9-19-32(29)38-33-20-10-8-18-30(33)37/h1-22H. The summed E-state index contributed by atoms with van der Waals surface area (Å²) in [7, 11) is 0. The van der Waals surface area contributed by atoms with E-state index in [0.29, 0.717) is 0 Å². The van der Waals surface area contributed by atoms with Crippen LogP contribution in [0.5, 0.6) is 11.5 Å². The second kappa shape index (κ2) is 7.12. The van der Waals surface area contributed by atoms with E-state index in [9.17, 15) is 0 Å². The molecule has 0 N–H and O–H groups in total. The van der Waals surface area contributed by atoms with Crippen LogP contribution >= 0.6 is 0 Å². The first-order chi connectivity index (χ1) is 18.9. The van der Waals surface area contributed by atoms with Crippen molar-refractivity contribution in [2.24, 2.45) is 0 Å². The van der Waals surface area contributed by atoms with E-state index < -0.39 is 5.41 Å². The third kappa shape index (κ3) is 2.29. The van der Waals surface area contributed by atoms with E-state index in [1.165, 1.54) is 65.7 Å². The molecule has 0 saturated heterocycles. The lowest BCUT2D eigenvalue weighted by atomic mass is 9.65. The molecule has 0 saturated carbocycles. The zero-order valence-corrected chi connectivity index (χ0v) is 20.6. The highest BCUT2D eigenvalue weighted by Crippen LogP contribution is 2.65. The fourth-order valence-corrected chi connectivity index (χ4v) is 7.33. The Morgan fingerprint density at radius 2 is 0.895 bits per heavy atom. The van der Waals surface area contributed by atoms with E-state index in [4.69, 9.17) is 4.74 Å². The van der Waals surface area contributed by atoms with E-state index in [1.807, 2.05) is 0 Å². The summed E-state index contributed by atoms with van der Waals surface area (Å²) in [5, 5.41) is 7.75. The fourth-order valence-electron chi connectivity index (χ4n) is 7.33. The summed E-state index contributed by atoms with van der Waals surface area (Å²) in [6.07, 6.45) is 0. The molecular formula is C37H22O. The zero-order chi connectivity index (χ0) is 24.8. The average molecular weight is 483 g/mol. The summed E-state index contributed by atoms with van der Waals surface area (Å²) >= 11 is 0. The quantitative estimate of drug-likeness (QED) is 0.196. The number of fused-ring (bicyclic) bond motifs is 16. The first-order valence-electron chi connectivity index (χ1n) is 13.2. The Morgan fingerprint density at radius 1 is 0.368 bits per heavy atom. The maximum absolute atomic E-state index is 6.58. The minimum Gasteiger partial charge on any atom is -0.457 e. The van der Waals surface area contributed by atoms with Gasteiger partial charge in [0.1, 0.15) is 11.5 Å². The fraction of sp³-hybridized carbons (Fsp3) is 0.0270. The topological polar surface area (TPSA) is 9.23 Å². The molecule has 1 heterocycles. The summed E-state index contributed by atoms with van der Waals surface area (Å²) in [4.78, 5) is 0. The van der Waals surface area contributed by atoms with Gasteiger partial charge in [0.25, 0.3) is 0 Å². The van der Waals surface area contributed by atoms with Crippen LogP contribution < -0.4 is 4.74 Å². The molecule has 0 fully saturated rings. The summed E-state index contributed by atoms with van der Waals surface area (Å²) in [6, 6.07) is 48.6. The number of hydrogen-bond acceptors (Lipinski definition) is 1. The number of ether oxygens (including phenoxy) is 1. The molecule has 176 valence electrons. The van der Waals surface area contributed by atoms with Crippen molar-refractivity contribution in [1.82, 2.24) is 0 Å². The molecule has 7 aromatic rings. The van der Waals surface area contributed by atoms with Gasteiger partial charge in [-0.3, -0.25) is 0 Å². The molecule has 7 aromatic carbocycles. The maximum atomic E-state index is 6.58. The predicted molar refractivity (Wildman–Crippen MR) is 156 cm³/mol. The normalized spacial score (nSPS) is 14.2. The molecular weight excluding hydrogens is 460 g/mol. The van der Waals surface area contributed by atoms with Crippen LogP contribution in [0, 0.1) is 0 Å². The van der Waals surface area contributed by atoms with Crippen molar-refractivity contribution in [2.45, 2.75) is 5.41 Å². The summed E-state index contributed by atoms with van der Waals surface area (Å²) in [5.74, 6) is 1.85. The van der Waals surface area contributed by atoms with Crippen molar-refractivity contribution in [3.05, 3.63) is 156 Å². The highest BCUT2D eigenvalue weighted by molar-refractivity contribution is 6.22. The Hall–Kier alpha value is -4.88. The number of para-hydroxylation sites is 2. The van der Waals surface area contributed by atoms with Crippen LogP contribution in [-0.4, -0.2) is 0 Å². The summed E-state index contributed by atoms with van der Waals surface area (Å²) < 4.78 is 6.58. The van der Waals surface area contributed by atoms with Gasteiger partial charge in [-0.25, -0.2) is 0 Å². The Labute approximate surface area is 220 Å². The van der Waals surface area contributed by atoms with Crippen molar-refractivity contribution >= 4 is 32.3 Å². The molecule has 1 aliphatic carbocycles. The SMILES string of the molecule is c1ccc2c(c1)Oc1ccccc1C21c2ccc3ccccc3c2-c2c1c1ccccc1c1ccccc21. The first kappa shape index (κ1) is 20.2. The van der Waals surface area contributed by atoms with Crippen LogP contribution in [0.15, 0.2) is 133 Å². The molecule has 38 heavy (non-hydrogen) atoms. The first-order valence-corrected chi connectivity index (χ1v) is 13.2. The largest absolute Gasteiger partial charge is 0.457 e. The van der Waals surface area contributed by atoms with E-state index in [2.05, 4.69) is 133 Å². The Morgan fingerprint density at radius 3 is 1.61 bits per heavy atom. The number of benzene rings is 7. The monoisotopic (exact) mass is 482 g/mol. The highest BCUT2D eigenvalue weighted by atomic mass is 16.5. The van der Waals surface area contributed by atoms with Gasteiger partial charge in [0.2, 0.25) is 0 Å². The minimum atomic E-state index is -0.496. The zero-order valence-electron chi connectivity index (χ0n) is 20.6. The van der Waals surface area contributed by atoms with Crippen LogP contribution in [0.2, 0.25) is 0 Å². The number of hydrogen-bond donors (Lipinski definition) is 0. The molecule has 0 aromatic heterocycles. The van der Waals surface area contributed by atoms with Gasteiger partial charge in [0.15, 0.2) is 0 Å². The molecule has 0 atom stereocenters. The lowest BCUT2D eigenvalue weighted by molar-refractivity contribution is 0.437. The van der Waals surface area contributed by atoms with Gasteiger partial charge in [-0.05, 0) is 66.7 Å². The Balaban J connectivity index is 1.65. The van der Waals surface area contributed by atoms with E-state index in [0.717, 1.165) is 11.5 Å². The van der Waals surface area contributed by atoms with Gasteiger partial charge in [0.05, 0.1) is 5.41 Å². The molecule has 0 amide bonds. The maximum Gasteiger partial charge on any atom is 0.132 e. The predicted octanol–water partition coefficient (Wildman–Crippen LogP) is 9.61. The minimum absolute atomic E-state index is 0.496. The van der Waals surface area contributed by atoms with Crippen LogP contribution in [-0.2, 0) is 5.41 Å². The molecule has 1 heteroatoms. The Bertz CT molecular complexity index is 2070. The van der Waals surface area contributed by atoms with Crippen molar-refractivity contribution in [3.8, 4) is 22.6 Å². The van der Waals surface area contributed by atoms with Gasteiger partial charge in [-0.2, -0.15) is 0 Å². The molecule has 0 radical (unpaired) electrons. The van der Waals surface area contributed by atoms with Crippen LogP contribution in [0.4, 0.5) is 0 Å². The van der Waals surface area contributed by atoms with Gasteiger partial charge >= 0.3 is 0 Å². The van der Waals surface area contributed by atoms with E-state index in [1.54, 1.807) is 0 Å². The summed E-state index contributed by atoms with van der Waals surface area (Å²) in [5.41, 5.74) is 7.29. The smallest absolute Gasteiger partial charge is 0.132 e. The van der Waals surface area contributed by atoms with Gasteiger partial charge in [-0.15, -0.1) is 0 Å². The lowest BCUT2D eigenvalue weighted by Gasteiger charge is -2.40. The van der Waals surface area contributed by atoms with Crippen molar-refractivity contribution < 1.29 is 4.74 Å². The van der Waals surface area contributed by atoms with Crippen molar-refractivity contribution in [3.63, 3.8) is 0 Å². The molecule has 1 aliphatic heterocycles. The third-order valence-corrected chi connectivity index (χ3v) is 8.69. The van der Waals surface area contributed by atoms with Crippen LogP contribution in [0.25, 0.3) is 43.4 Å². The molecule has 9 rings (SSSR count). The van der Waals surface area contributed by atoms with Gasteiger partial charge < -0.3 is 4.74 Å². The van der Waals surface area contributed by atoms with Crippen molar-refractivity contribution in [2.75, 3.05) is 0 Å². The van der Waals surface area contributed by atoms with Crippen LogP contribution in [0.1, 0.15) is 22.3 Å². The lowest BCUT2D eigenvalue weighted by Crippen LogP contribution is -2.32. The average Bonchev–Trinajstić information content (AvgIpc) is 3.30. The molecule has 2 aliphatic rings. The summed E-state index contributed by atoms with van der Waals surface area (Å²) in [6.45, 7) is 0. The van der Waals surface area contributed by atoms with E-state index in [-0.39, 0.29) is 0 Å².